The zero-order chi connectivity index (χ0) is 26.2. The van der Waals surface area contributed by atoms with Gasteiger partial charge in [0.05, 0.1) is 6.61 Å². The molecule has 0 unspecified atom stereocenters. The number of carbonyl (C=O) groups is 1. The minimum absolute atomic E-state index is 0.0194. The summed E-state index contributed by atoms with van der Waals surface area (Å²) in [4.78, 5) is 20.6. The van der Waals surface area contributed by atoms with Gasteiger partial charge in [-0.05, 0) is 63.1 Å². The molecule has 0 bridgehead atoms. The van der Waals surface area contributed by atoms with Crippen LogP contribution in [0.15, 0.2) is 48.5 Å². The maximum absolute atomic E-state index is 13.9. The van der Waals surface area contributed by atoms with E-state index in [0.717, 1.165) is 43.3 Å². The summed E-state index contributed by atoms with van der Waals surface area (Å²) < 4.78 is 30.7. The summed E-state index contributed by atoms with van der Waals surface area (Å²) in [6, 6.07) is 13.7. The van der Waals surface area contributed by atoms with Crippen LogP contribution >= 0.6 is 0 Å². The van der Waals surface area contributed by atoms with E-state index in [4.69, 9.17) is 19.2 Å². The van der Waals surface area contributed by atoms with Crippen LogP contribution in [0.3, 0.4) is 0 Å². The molecule has 1 amide bonds. The van der Waals surface area contributed by atoms with Gasteiger partial charge in [-0.15, -0.1) is 0 Å². The highest BCUT2D eigenvalue weighted by Crippen LogP contribution is 2.33. The predicted molar refractivity (Wildman–Crippen MR) is 142 cm³/mol. The predicted octanol–water partition coefficient (Wildman–Crippen LogP) is 4.97. The first-order valence-corrected chi connectivity index (χ1v) is 12.9. The van der Waals surface area contributed by atoms with Gasteiger partial charge in [0.25, 0.3) is 5.91 Å². The Balaban J connectivity index is 1.69. The number of pyridine rings is 1. The number of para-hydroxylation sites is 1. The molecule has 1 saturated heterocycles. The van der Waals surface area contributed by atoms with Gasteiger partial charge in [0.2, 0.25) is 0 Å². The number of nitrogens with zero attached hydrogens (tertiary/aromatic N) is 2. The maximum atomic E-state index is 13.9. The van der Waals surface area contributed by atoms with Crippen molar-refractivity contribution in [3.8, 4) is 11.5 Å². The molecule has 7 nitrogen and oxygen atoms in total. The molecular weight excluding hydrogens is 473 g/mol. The Bertz CT molecular complexity index is 1180. The van der Waals surface area contributed by atoms with Gasteiger partial charge in [-0.25, -0.2) is 9.37 Å². The molecule has 1 aliphatic rings. The van der Waals surface area contributed by atoms with Crippen molar-refractivity contribution in [2.45, 2.75) is 51.8 Å². The lowest BCUT2D eigenvalue weighted by molar-refractivity contribution is 0.0567. The van der Waals surface area contributed by atoms with Gasteiger partial charge in [-0.2, -0.15) is 0 Å². The number of rotatable bonds is 11. The van der Waals surface area contributed by atoms with Crippen LogP contribution in [0.1, 0.15) is 49.2 Å². The molecule has 198 valence electrons. The van der Waals surface area contributed by atoms with Crippen molar-refractivity contribution in [2.24, 2.45) is 0 Å². The second kappa shape index (κ2) is 12.8. The third-order valence-corrected chi connectivity index (χ3v) is 6.50. The summed E-state index contributed by atoms with van der Waals surface area (Å²) in [5.74, 6) is 0.702. The molecule has 1 aromatic heterocycles. The van der Waals surface area contributed by atoms with Crippen LogP contribution in [0.5, 0.6) is 11.5 Å². The zero-order valence-electron chi connectivity index (χ0n) is 21.8. The van der Waals surface area contributed by atoms with E-state index < -0.39 is 0 Å². The topological polar surface area (TPSA) is 72.9 Å². The number of halogens is 1. The molecule has 4 rings (SSSR count). The number of methoxy groups -OCH3 is 1. The van der Waals surface area contributed by atoms with Gasteiger partial charge >= 0.3 is 0 Å². The molecule has 0 spiro atoms. The van der Waals surface area contributed by atoms with Crippen LogP contribution in [-0.2, 0) is 11.3 Å². The molecule has 1 aliphatic heterocycles. The van der Waals surface area contributed by atoms with E-state index in [2.05, 4.69) is 5.32 Å². The molecule has 8 heteroatoms. The molecule has 37 heavy (non-hydrogen) atoms. The third-order valence-electron chi connectivity index (χ3n) is 6.50. The van der Waals surface area contributed by atoms with Crippen LogP contribution in [0.4, 0.5) is 4.39 Å². The monoisotopic (exact) mass is 509 g/mol. The number of hydrogen-bond acceptors (Lipinski definition) is 6. The van der Waals surface area contributed by atoms with Crippen molar-refractivity contribution in [2.75, 3.05) is 33.4 Å². The molecule has 1 N–H and O–H groups in total. The molecule has 1 atom stereocenters. The zero-order valence-corrected chi connectivity index (χ0v) is 21.8. The molecule has 3 aromatic rings. The minimum atomic E-state index is -0.295. The SMILES string of the molecule is COCCCOc1cc(C(=O)N(C(C)C)[C@@H]2CCCNC2)nc2c(OCc3ccc(F)cc3)cccc12. The quantitative estimate of drug-likeness (QED) is 0.368. The summed E-state index contributed by atoms with van der Waals surface area (Å²) in [5.41, 5.74) is 1.71. The van der Waals surface area contributed by atoms with E-state index in [-0.39, 0.29) is 30.4 Å². The van der Waals surface area contributed by atoms with Crippen LogP contribution in [0.25, 0.3) is 10.9 Å². The fraction of sp³-hybridized carbons (Fsp3) is 0.448. The number of aromatic nitrogens is 1. The highest BCUT2D eigenvalue weighted by Gasteiger charge is 2.30. The Kier molecular flexibility index (Phi) is 9.30. The summed E-state index contributed by atoms with van der Waals surface area (Å²) in [5, 5.41) is 4.17. The maximum Gasteiger partial charge on any atom is 0.273 e. The Morgan fingerprint density at radius 2 is 1.95 bits per heavy atom. The van der Waals surface area contributed by atoms with Crippen LogP contribution in [0, 0.1) is 5.82 Å². The lowest BCUT2D eigenvalue weighted by Crippen LogP contribution is -2.51. The van der Waals surface area contributed by atoms with Crippen molar-refractivity contribution in [1.29, 1.82) is 0 Å². The van der Waals surface area contributed by atoms with Crippen LogP contribution < -0.4 is 14.8 Å². The summed E-state index contributed by atoms with van der Waals surface area (Å²) >= 11 is 0. The summed E-state index contributed by atoms with van der Waals surface area (Å²) in [6.07, 6.45) is 2.70. The minimum Gasteiger partial charge on any atom is -0.493 e. The number of fused-ring (bicyclic) bond motifs is 1. The highest BCUT2D eigenvalue weighted by atomic mass is 19.1. The number of ether oxygens (including phenoxy) is 3. The molecule has 2 aromatic carbocycles. The van der Waals surface area contributed by atoms with Crippen molar-refractivity contribution in [3.05, 3.63) is 65.6 Å². The van der Waals surface area contributed by atoms with Crippen molar-refractivity contribution in [3.63, 3.8) is 0 Å². The van der Waals surface area contributed by atoms with Gasteiger partial charge in [-0.3, -0.25) is 4.79 Å². The first-order chi connectivity index (χ1) is 18.0. The van der Waals surface area contributed by atoms with Crippen molar-refractivity contribution in [1.82, 2.24) is 15.2 Å². The van der Waals surface area contributed by atoms with Gasteiger partial charge in [-0.1, -0.05) is 18.2 Å². The fourth-order valence-electron chi connectivity index (χ4n) is 4.69. The molecular formula is C29H36FN3O4. The largest absolute Gasteiger partial charge is 0.493 e. The number of carbonyl (C=O) groups excluding carboxylic acids is 1. The first-order valence-electron chi connectivity index (χ1n) is 12.9. The lowest BCUT2D eigenvalue weighted by atomic mass is 10.0. The van der Waals surface area contributed by atoms with E-state index in [9.17, 15) is 9.18 Å². The molecule has 1 fully saturated rings. The van der Waals surface area contributed by atoms with E-state index >= 15 is 0 Å². The van der Waals surface area contributed by atoms with E-state index in [1.165, 1.54) is 12.1 Å². The molecule has 0 radical (unpaired) electrons. The Morgan fingerprint density at radius 1 is 1.14 bits per heavy atom. The van der Waals surface area contributed by atoms with Crippen LogP contribution in [0.2, 0.25) is 0 Å². The highest BCUT2D eigenvalue weighted by molar-refractivity contribution is 5.98. The lowest BCUT2D eigenvalue weighted by Gasteiger charge is -2.37. The van der Waals surface area contributed by atoms with Crippen molar-refractivity contribution < 1.29 is 23.4 Å². The second-order valence-corrected chi connectivity index (χ2v) is 9.57. The number of benzene rings is 2. The van der Waals surface area contributed by atoms with Gasteiger partial charge in [0.1, 0.15) is 35.1 Å². The molecule has 0 aliphatic carbocycles. The normalized spacial score (nSPS) is 15.6. The Hall–Kier alpha value is -3.23. The van der Waals surface area contributed by atoms with E-state index in [1.807, 2.05) is 36.9 Å². The fourth-order valence-corrected chi connectivity index (χ4v) is 4.69. The Labute approximate surface area is 217 Å². The van der Waals surface area contributed by atoms with Crippen molar-refractivity contribution >= 4 is 16.8 Å². The summed E-state index contributed by atoms with van der Waals surface area (Å²) in [7, 11) is 1.66. The van der Waals surface area contributed by atoms with E-state index in [1.54, 1.807) is 25.3 Å². The average Bonchev–Trinajstić information content (AvgIpc) is 2.91. The van der Waals surface area contributed by atoms with Gasteiger partial charge in [0, 0.05) is 50.2 Å². The number of hydrogen-bond donors (Lipinski definition) is 1. The first kappa shape index (κ1) is 26.8. The number of piperidine rings is 1. The van der Waals surface area contributed by atoms with Gasteiger partial charge in [0.15, 0.2) is 0 Å². The number of nitrogens with one attached hydrogen (secondary N) is 1. The van der Waals surface area contributed by atoms with Crippen LogP contribution in [-0.4, -0.2) is 61.3 Å². The second-order valence-electron chi connectivity index (χ2n) is 9.57. The average molecular weight is 510 g/mol. The van der Waals surface area contributed by atoms with Gasteiger partial charge < -0.3 is 24.4 Å². The standard InChI is InChI=1S/C29H36FN3O4/c1-20(2)33(23-7-5-14-31-18-23)29(34)25-17-27(36-16-6-15-35-3)24-8-4-9-26(28(24)32-25)37-19-21-10-12-22(30)13-11-21/h4,8-13,17,20,23,31H,5-7,14-16,18-19H2,1-3H3/t23-/m1/s1. The smallest absolute Gasteiger partial charge is 0.273 e. The molecule has 0 saturated carbocycles. The number of amides is 1. The molecule has 2 heterocycles. The Morgan fingerprint density at radius 3 is 2.65 bits per heavy atom. The summed E-state index contributed by atoms with van der Waals surface area (Å²) in [6.45, 7) is 7.08. The third kappa shape index (κ3) is 6.76. The van der Waals surface area contributed by atoms with E-state index in [0.29, 0.717) is 35.9 Å².